The van der Waals surface area contributed by atoms with Crippen LogP contribution in [0.25, 0.3) is 10.8 Å². The number of ether oxygens (including phenoxy) is 1. The maximum atomic E-state index is 13.3. The van der Waals surface area contributed by atoms with Gasteiger partial charge in [-0.25, -0.2) is 8.42 Å². The van der Waals surface area contributed by atoms with Crippen LogP contribution >= 0.6 is 0 Å². The Labute approximate surface area is 144 Å². The van der Waals surface area contributed by atoms with Gasteiger partial charge < -0.3 is 4.74 Å². The quantitative estimate of drug-likeness (QED) is 0.815. The molecule has 0 amide bonds. The predicted molar refractivity (Wildman–Crippen MR) is 96.9 cm³/mol. The molecule has 1 aliphatic heterocycles. The summed E-state index contributed by atoms with van der Waals surface area (Å²) in [6.45, 7) is 5.16. The van der Waals surface area contributed by atoms with Crippen molar-refractivity contribution in [2.24, 2.45) is 0 Å². The molecule has 0 spiro atoms. The number of benzene rings is 2. The van der Waals surface area contributed by atoms with E-state index in [2.05, 4.69) is 6.92 Å². The molecule has 24 heavy (non-hydrogen) atoms. The van der Waals surface area contributed by atoms with Gasteiger partial charge in [0.25, 0.3) is 0 Å². The van der Waals surface area contributed by atoms with Gasteiger partial charge in [-0.2, -0.15) is 4.31 Å². The van der Waals surface area contributed by atoms with Crippen LogP contribution in [0.15, 0.2) is 41.3 Å². The maximum Gasteiger partial charge on any atom is 0.243 e. The minimum atomic E-state index is -3.50. The Morgan fingerprint density at radius 2 is 1.83 bits per heavy atom. The van der Waals surface area contributed by atoms with Gasteiger partial charge in [0.1, 0.15) is 5.75 Å². The van der Waals surface area contributed by atoms with E-state index < -0.39 is 10.0 Å². The molecule has 1 atom stereocenters. The molecule has 0 radical (unpaired) electrons. The Bertz CT molecular complexity index is 816. The summed E-state index contributed by atoms with van der Waals surface area (Å²) < 4.78 is 34.0. The second-order valence-electron chi connectivity index (χ2n) is 6.21. The minimum absolute atomic E-state index is 0.106. The summed E-state index contributed by atoms with van der Waals surface area (Å²) in [4.78, 5) is 0.391. The summed E-state index contributed by atoms with van der Waals surface area (Å²) in [7, 11) is -3.50. The first-order valence-electron chi connectivity index (χ1n) is 8.76. The summed E-state index contributed by atoms with van der Waals surface area (Å²) in [6, 6.07) is 11.2. The van der Waals surface area contributed by atoms with E-state index in [1.807, 2.05) is 31.2 Å². The van der Waals surface area contributed by atoms with Crippen molar-refractivity contribution in [1.29, 1.82) is 0 Å². The molecule has 0 N–H and O–H groups in total. The fraction of sp³-hybridized carbons (Fsp3) is 0.474. The maximum absolute atomic E-state index is 13.3. The normalized spacial score (nSPS) is 19.5. The molecule has 5 heteroatoms. The van der Waals surface area contributed by atoms with Crippen molar-refractivity contribution in [3.63, 3.8) is 0 Å². The fourth-order valence-corrected chi connectivity index (χ4v) is 5.54. The van der Waals surface area contributed by atoms with Crippen molar-refractivity contribution in [2.75, 3.05) is 13.2 Å². The fourth-order valence-electron chi connectivity index (χ4n) is 3.57. The van der Waals surface area contributed by atoms with Crippen molar-refractivity contribution in [2.45, 2.75) is 50.5 Å². The first-order chi connectivity index (χ1) is 11.6. The van der Waals surface area contributed by atoms with E-state index >= 15 is 0 Å². The minimum Gasteiger partial charge on any atom is -0.493 e. The topological polar surface area (TPSA) is 46.6 Å². The van der Waals surface area contributed by atoms with Gasteiger partial charge in [0.2, 0.25) is 10.0 Å². The van der Waals surface area contributed by atoms with Crippen molar-refractivity contribution < 1.29 is 13.2 Å². The van der Waals surface area contributed by atoms with Crippen LogP contribution in [-0.4, -0.2) is 31.9 Å². The smallest absolute Gasteiger partial charge is 0.243 e. The van der Waals surface area contributed by atoms with Crippen LogP contribution in [-0.2, 0) is 10.0 Å². The van der Waals surface area contributed by atoms with E-state index in [0.717, 1.165) is 42.2 Å². The van der Waals surface area contributed by atoms with Crippen molar-refractivity contribution >= 4 is 20.8 Å². The molecule has 3 rings (SSSR count). The van der Waals surface area contributed by atoms with E-state index in [4.69, 9.17) is 4.74 Å². The summed E-state index contributed by atoms with van der Waals surface area (Å²) in [5.41, 5.74) is 0. The lowest BCUT2D eigenvalue weighted by atomic mass is 10.0. The van der Waals surface area contributed by atoms with Gasteiger partial charge in [-0.1, -0.05) is 37.6 Å². The van der Waals surface area contributed by atoms with E-state index in [1.165, 1.54) is 0 Å². The summed E-state index contributed by atoms with van der Waals surface area (Å²) in [5, 5.41) is 1.59. The average Bonchev–Trinajstić information content (AvgIpc) is 2.62. The SMILES string of the molecule is CCOc1ccc(S(=O)(=O)N2CCCCC2CC)c2ccccc12. The van der Waals surface area contributed by atoms with Crippen LogP contribution in [0.5, 0.6) is 5.75 Å². The zero-order valence-electron chi connectivity index (χ0n) is 14.4. The van der Waals surface area contributed by atoms with Gasteiger partial charge in [0.05, 0.1) is 11.5 Å². The second-order valence-corrected chi connectivity index (χ2v) is 8.07. The summed E-state index contributed by atoms with van der Waals surface area (Å²) in [5.74, 6) is 0.734. The van der Waals surface area contributed by atoms with Crippen LogP contribution < -0.4 is 4.74 Å². The van der Waals surface area contributed by atoms with Crippen LogP contribution in [0.4, 0.5) is 0 Å². The molecule has 1 aliphatic rings. The van der Waals surface area contributed by atoms with Crippen LogP contribution in [0.1, 0.15) is 39.5 Å². The van der Waals surface area contributed by atoms with Gasteiger partial charge in [0.15, 0.2) is 0 Å². The second kappa shape index (κ2) is 7.11. The molecule has 1 saturated heterocycles. The molecule has 130 valence electrons. The first-order valence-corrected chi connectivity index (χ1v) is 10.2. The third-order valence-electron chi connectivity index (χ3n) is 4.77. The summed E-state index contributed by atoms with van der Waals surface area (Å²) >= 11 is 0. The van der Waals surface area contributed by atoms with E-state index in [9.17, 15) is 8.42 Å². The molecule has 2 aromatic rings. The molecule has 0 bridgehead atoms. The molecule has 2 aromatic carbocycles. The molecule has 0 aliphatic carbocycles. The molecule has 1 heterocycles. The lowest BCUT2D eigenvalue weighted by molar-refractivity contribution is 0.247. The number of fused-ring (bicyclic) bond motifs is 1. The van der Waals surface area contributed by atoms with E-state index in [0.29, 0.717) is 18.0 Å². The standard InChI is InChI=1S/C19H25NO3S/c1-3-15-9-7-8-14-20(15)24(21,22)19-13-12-18(23-4-2)16-10-5-6-11-17(16)19/h5-6,10-13,15H,3-4,7-9,14H2,1-2H3. The van der Waals surface area contributed by atoms with E-state index in [1.54, 1.807) is 16.4 Å². The zero-order chi connectivity index (χ0) is 17.2. The molecular formula is C19H25NO3S. The Balaban J connectivity index is 2.13. The number of piperidine rings is 1. The van der Waals surface area contributed by atoms with Gasteiger partial charge in [-0.3, -0.25) is 0 Å². The van der Waals surface area contributed by atoms with Crippen molar-refractivity contribution in [1.82, 2.24) is 4.31 Å². The predicted octanol–water partition coefficient (Wildman–Crippen LogP) is 4.19. The highest BCUT2D eigenvalue weighted by Crippen LogP contribution is 2.34. The molecule has 0 aromatic heterocycles. The Morgan fingerprint density at radius 1 is 1.08 bits per heavy atom. The van der Waals surface area contributed by atoms with Gasteiger partial charge in [-0.15, -0.1) is 0 Å². The van der Waals surface area contributed by atoms with Crippen LogP contribution in [0.3, 0.4) is 0 Å². The van der Waals surface area contributed by atoms with Gasteiger partial charge in [-0.05, 0) is 38.3 Å². The Hall–Kier alpha value is -1.59. The summed E-state index contributed by atoms with van der Waals surface area (Å²) in [6.07, 6.45) is 3.85. The molecule has 4 nitrogen and oxygen atoms in total. The molecular weight excluding hydrogens is 322 g/mol. The largest absolute Gasteiger partial charge is 0.493 e. The van der Waals surface area contributed by atoms with Gasteiger partial charge in [0, 0.05) is 23.4 Å². The number of sulfonamides is 1. The number of hydrogen-bond acceptors (Lipinski definition) is 3. The third kappa shape index (κ3) is 3.03. The highest BCUT2D eigenvalue weighted by atomic mass is 32.2. The van der Waals surface area contributed by atoms with Crippen LogP contribution in [0.2, 0.25) is 0 Å². The lowest BCUT2D eigenvalue weighted by Gasteiger charge is -2.34. The molecule has 1 fully saturated rings. The highest BCUT2D eigenvalue weighted by Gasteiger charge is 2.33. The van der Waals surface area contributed by atoms with Crippen molar-refractivity contribution in [3.8, 4) is 5.75 Å². The van der Waals surface area contributed by atoms with Crippen LogP contribution in [0, 0.1) is 0 Å². The number of rotatable bonds is 5. The lowest BCUT2D eigenvalue weighted by Crippen LogP contribution is -2.43. The Morgan fingerprint density at radius 3 is 2.54 bits per heavy atom. The number of nitrogens with zero attached hydrogens (tertiary/aromatic N) is 1. The molecule has 0 saturated carbocycles. The highest BCUT2D eigenvalue weighted by molar-refractivity contribution is 7.89. The Kier molecular flexibility index (Phi) is 5.11. The van der Waals surface area contributed by atoms with Crippen molar-refractivity contribution in [3.05, 3.63) is 36.4 Å². The first kappa shape index (κ1) is 17.2. The average molecular weight is 347 g/mol. The molecule has 1 unspecified atom stereocenters. The van der Waals surface area contributed by atoms with E-state index in [-0.39, 0.29) is 6.04 Å². The third-order valence-corrected chi connectivity index (χ3v) is 6.78. The zero-order valence-corrected chi connectivity index (χ0v) is 15.2. The van der Waals surface area contributed by atoms with Gasteiger partial charge >= 0.3 is 0 Å². The number of hydrogen-bond donors (Lipinski definition) is 0. The monoisotopic (exact) mass is 347 g/mol.